The number of nitrogens with one attached hydrogen (secondary N) is 2. The minimum absolute atomic E-state index is 0.118. The first-order chi connectivity index (χ1) is 11.8. The zero-order valence-corrected chi connectivity index (χ0v) is 14.0. The number of amides is 2. The second-order valence-corrected chi connectivity index (χ2v) is 6.28. The fourth-order valence-electron chi connectivity index (χ4n) is 3.34. The zero-order valence-electron chi connectivity index (χ0n) is 14.0. The summed E-state index contributed by atoms with van der Waals surface area (Å²) in [4.78, 5) is 18.5. The summed E-state index contributed by atoms with van der Waals surface area (Å²) in [6.45, 7) is 6.92. The van der Waals surface area contributed by atoms with Crippen molar-refractivity contribution in [3.63, 3.8) is 0 Å². The summed E-state index contributed by atoms with van der Waals surface area (Å²) >= 11 is 0. The molecule has 0 saturated carbocycles. The van der Waals surface area contributed by atoms with Gasteiger partial charge in [0.2, 0.25) is 0 Å². The van der Waals surface area contributed by atoms with Gasteiger partial charge in [0.25, 0.3) is 0 Å². The van der Waals surface area contributed by atoms with Gasteiger partial charge in [-0.3, -0.25) is 4.90 Å². The third kappa shape index (κ3) is 4.93. The van der Waals surface area contributed by atoms with E-state index in [2.05, 4.69) is 20.5 Å². The molecule has 24 heavy (non-hydrogen) atoms. The monoisotopic (exact) mass is 337 g/mol. The molecule has 0 bridgehead atoms. The van der Waals surface area contributed by atoms with Crippen molar-refractivity contribution in [2.75, 3.05) is 52.6 Å². The van der Waals surface area contributed by atoms with Crippen LogP contribution in [0.4, 0.5) is 4.79 Å². The Labute approximate surface area is 142 Å². The Morgan fingerprint density at radius 2 is 2.12 bits per heavy atom. The molecule has 3 heterocycles. The summed E-state index contributed by atoms with van der Waals surface area (Å²) in [5, 5.41) is 5.92. The molecule has 2 amide bonds. The van der Waals surface area contributed by atoms with E-state index in [1.54, 1.807) is 12.5 Å². The maximum absolute atomic E-state index is 12.1. The van der Waals surface area contributed by atoms with E-state index in [0.29, 0.717) is 25.0 Å². The predicted molar refractivity (Wildman–Crippen MR) is 88.7 cm³/mol. The molecular formula is C16H27N5O3. The Morgan fingerprint density at radius 1 is 1.25 bits per heavy atom. The molecule has 3 rings (SSSR count). The SMILES string of the molecule is O=C(NCCn1ccnc1)NC[C@@H]([C@H]1CCOC1)N1CCOCC1. The summed E-state index contributed by atoms with van der Waals surface area (Å²) in [5.41, 5.74) is 0. The molecule has 1 aromatic heterocycles. The highest BCUT2D eigenvalue weighted by molar-refractivity contribution is 5.73. The Kier molecular flexibility index (Phi) is 6.45. The third-order valence-electron chi connectivity index (χ3n) is 4.71. The minimum Gasteiger partial charge on any atom is -0.381 e. The minimum atomic E-state index is -0.118. The molecule has 0 spiro atoms. The van der Waals surface area contributed by atoms with Crippen molar-refractivity contribution >= 4 is 6.03 Å². The van der Waals surface area contributed by atoms with E-state index in [1.165, 1.54) is 0 Å². The quantitative estimate of drug-likeness (QED) is 0.727. The van der Waals surface area contributed by atoms with E-state index in [-0.39, 0.29) is 6.03 Å². The molecule has 0 aliphatic carbocycles. The summed E-state index contributed by atoms with van der Waals surface area (Å²) in [7, 11) is 0. The molecule has 2 saturated heterocycles. The maximum atomic E-state index is 12.1. The smallest absolute Gasteiger partial charge is 0.314 e. The number of aromatic nitrogens is 2. The van der Waals surface area contributed by atoms with Crippen LogP contribution in [0, 0.1) is 5.92 Å². The van der Waals surface area contributed by atoms with Gasteiger partial charge in [0.1, 0.15) is 0 Å². The molecule has 2 aliphatic heterocycles. The Morgan fingerprint density at radius 3 is 2.83 bits per heavy atom. The van der Waals surface area contributed by atoms with Gasteiger partial charge >= 0.3 is 6.03 Å². The van der Waals surface area contributed by atoms with E-state index < -0.39 is 0 Å². The van der Waals surface area contributed by atoms with Crippen LogP contribution in [0.25, 0.3) is 0 Å². The number of rotatable bonds is 7. The van der Waals surface area contributed by atoms with Crippen molar-refractivity contribution in [2.24, 2.45) is 5.92 Å². The molecule has 2 fully saturated rings. The maximum Gasteiger partial charge on any atom is 0.314 e. The van der Waals surface area contributed by atoms with Crippen LogP contribution in [0.2, 0.25) is 0 Å². The van der Waals surface area contributed by atoms with E-state index in [0.717, 1.165) is 52.5 Å². The topological polar surface area (TPSA) is 80.7 Å². The third-order valence-corrected chi connectivity index (χ3v) is 4.71. The number of ether oxygens (including phenoxy) is 2. The molecular weight excluding hydrogens is 310 g/mol. The van der Waals surface area contributed by atoms with Crippen molar-refractivity contribution in [1.82, 2.24) is 25.1 Å². The Hall–Kier alpha value is -1.64. The molecule has 2 atom stereocenters. The van der Waals surface area contributed by atoms with Gasteiger partial charge in [0, 0.05) is 63.7 Å². The van der Waals surface area contributed by atoms with Gasteiger partial charge in [-0.1, -0.05) is 0 Å². The highest BCUT2D eigenvalue weighted by atomic mass is 16.5. The normalized spacial score (nSPS) is 23.1. The lowest BCUT2D eigenvalue weighted by Gasteiger charge is -2.37. The molecule has 0 radical (unpaired) electrons. The largest absolute Gasteiger partial charge is 0.381 e. The number of hydrogen-bond donors (Lipinski definition) is 2. The fourth-order valence-corrected chi connectivity index (χ4v) is 3.34. The number of imidazole rings is 1. The van der Waals surface area contributed by atoms with Crippen molar-refractivity contribution < 1.29 is 14.3 Å². The molecule has 8 nitrogen and oxygen atoms in total. The first kappa shape index (κ1) is 17.2. The van der Waals surface area contributed by atoms with E-state index >= 15 is 0 Å². The highest BCUT2D eigenvalue weighted by Crippen LogP contribution is 2.21. The fraction of sp³-hybridized carbons (Fsp3) is 0.750. The molecule has 2 N–H and O–H groups in total. The zero-order chi connectivity index (χ0) is 16.6. The van der Waals surface area contributed by atoms with Crippen LogP contribution in [0.3, 0.4) is 0 Å². The van der Waals surface area contributed by atoms with Crippen LogP contribution >= 0.6 is 0 Å². The van der Waals surface area contributed by atoms with Crippen LogP contribution < -0.4 is 10.6 Å². The van der Waals surface area contributed by atoms with Crippen LogP contribution in [0.1, 0.15) is 6.42 Å². The highest BCUT2D eigenvalue weighted by Gasteiger charge is 2.31. The average Bonchev–Trinajstić information content (AvgIpc) is 3.30. The number of hydrogen-bond acceptors (Lipinski definition) is 5. The first-order valence-corrected chi connectivity index (χ1v) is 8.70. The van der Waals surface area contributed by atoms with Gasteiger partial charge in [-0.2, -0.15) is 0 Å². The van der Waals surface area contributed by atoms with E-state index in [9.17, 15) is 4.79 Å². The molecule has 8 heteroatoms. The van der Waals surface area contributed by atoms with E-state index in [1.807, 2.05) is 10.8 Å². The van der Waals surface area contributed by atoms with Gasteiger partial charge in [0.05, 0.1) is 26.1 Å². The number of carbonyl (C=O) groups is 1. The number of morpholine rings is 1. The van der Waals surface area contributed by atoms with Gasteiger partial charge in [-0.05, 0) is 6.42 Å². The lowest BCUT2D eigenvalue weighted by atomic mass is 9.97. The van der Waals surface area contributed by atoms with Gasteiger partial charge < -0.3 is 24.7 Å². The lowest BCUT2D eigenvalue weighted by Crippen LogP contribution is -2.53. The molecule has 1 aromatic rings. The number of urea groups is 1. The van der Waals surface area contributed by atoms with Crippen LogP contribution in [0.5, 0.6) is 0 Å². The lowest BCUT2D eigenvalue weighted by molar-refractivity contribution is 0.00213. The van der Waals surface area contributed by atoms with E-state index in [4.69, 9.17) is 9.47 Å². The summed E-state index contributed by atoms with van der Waals surface area (Å²) in [6, 6.07) is 0.197. The molecule has 134 valence electrons. The Bertz CT molecular complexity index is 484. The molecule has 2 aliphatic rings. The van der Waals surface area contributed by atoms with Crippen molar-refractivity contribution in [1.29, 1.82) is 0 Å². The molecule has 0 aromatic carbocycles. The standard InChI is InChI=1S/C16H27N5O3/c22-16(18-3-5-20-4-2-17-13-20)19-11-15(14-1-8-24-12-14)21-6-9-23-10-7-21/h2,4,13-15H,1,3,5-12H2,(H2,18,19,22)/t14-,15-/m0/s1. The average molecular weight is 337 g/mol. The summed E-state index contributed by atoms with van der Waals surface area (Å²) in [6.07, 6.45) is 6.42. The number of nitrogens with zero attached hydrogens (tertiary/aromatic N) is 3. The van der Waals surface area contributed by atoms with Crippen molar-refractivity contribution in [3.8, 4) is 0 Å². The van der Waals surface area contributed by atoms with Crippen molar-refractivity contribution in [3.05, 3.63) is 18.7 Å². The number of carbonyl (C=O) groups excluding carboxylic acids is 1. The summed E-state index contributed by atoms with van der Waals surface area (Å²) < 4.78 is 12.9. The van der Waals surface area contributed by atoms with Gasteiger partial charge in [-0.25, -0.2) is 9.78 Å². The van der Waals surface area contributed by atoms with Gasteiger partial charge in [-0.15, -0.1) is 0 Å². The molecule has 0 unspecified atom stereocenters. The van der Waals surface area contributed by atoms with Crippen LogP contribution in [-0.2, 0) is 16.0 Å². The van der Waals surface area contributed by atoms with Gasteiger partial charge in [0.15, 0.2) is 0 Å². The summed E-state index contributed by atoms with van der Waals surface area (Å²) in [5.74, 6) is 0.481. The van der Waals surface area contributed by atoms with Crippen LogP contribution in [0.15, 0.2) is 18.7 Å². The second kappa shape index (κ2) is 9.00. The first-order valence-electron chi connectivity index (χ1n) is 8.70. The second-order valence-electron chi connectivity index (χ2n) is 6.28. The predicted octanol–water partition coefficient (Wildman–Crippen LogP) is -0.0804. The van der Waals surface area contributed by atoms with Crippen molar-refractivity contribution in [2.45, 2.75) is 19.0 Å². The Balaban J connectivity index is 1.42. The van der Waals surface area contributed by atoms with Crippen LogP contribution in [-0.4, -0.2) is 79.1 Å².